The van der Waals surface area contributed by atoms with Crippen molar-refractivity contribution in [3.8, 4) is 11.5 Å². The van der Waals surface area contributed by atoms with Crippen LogP contribution >= 0.6 is 0 Å². The molecular weight excluding hydrogens is 400 g/mol. The molecule has 0 aliphatic rings. The van der Waals surface area contributed by atoms with Gasteiger partial charge in [-0.15, -0.1) is 0 Å². The van der Waals surface area contributed by atoms with Gasteiger partial charge in [0.05, 0.1) is 20.6 Å². The Balaban J connectivity index is 1.58. The van der Waals surface area contributed by atoms with Crippen LogP contribution in [-0.2, 0) is 24.2 Å². The second kappa shape index (κ2) is 9.60. The summed E-state index contributed by atoms with van der Waals surface area (Å²) < 4.78 is 13.0. The van der Waals surface area contributed by atoms with Gasteiger partial charge in [0.15, 0.2) is 0 Å². The number of rotatable bonds is 8. The Hall–Kier alpha value is -3.73. The molecule has 1 N–H and O–H groups in total. The topological polar surface area (TPSA) is 52.5 Å². The summed E-state index contributed by atoms with van der Waals surface area (Å²) in [5.74, 6) is 1.48. The monoisotopic (exact) mass is 428 g/mol. The Morgan fingerprint density at radius 2 is 1.59 bits per heavy atom. The van der Waals surface area contributed by atoms with Crippen molar-refractivity contribution in [3.05, 3.63) is 89.6 Å². The zero-order valence-electron chi connectivity index (χ0n) is 18.7. The van der Waals surface area contributed by atoms with Crippen molar-refractivity contribution in [1.29, 1.82) is 0 Å². The van der Waals surface area contributed by atoms with Gasteiger partial charge in [-0.2, -0.15) is 0 Å². The summed E-state index contributed by atoms with van der Waals surface area (Å²) in [5, 5.41) is 4.10. The van der Waals surface area contributed by atoms with Gasteiger partial charge in [-0.25, -0.2) is 0 Å². The van der Waals surface area contributed by atoms with Crippen LogP contribution in [0.15, 0.2) is 72.9 Å². The molecule has 0 spiro atoms. The number of carbonyl (C=O) groups excluding carboxylic acids is 1. The first kappa shape index (κ1) is 21.5. The number of nitrogens with one attached hydrogen (secondary N) is 1. The highest BCUT2D eigenvalue weighted by molar-refractivity contribution is 5.96. The van der Waals surface area contributed by atoms with Crippen molar-refractivity contribution in [3.63, 3.8) is 0 Å². The fourth-order valence-electron chi connectivity index (χ4n) is 3.95. The van der Waals surface area contributed by atoms with Crippen LogP contribution in [0, 0.1) is 0 Å². The van der Waals surface area contributed by atoms with Gasteiger partial charge in [0.1, 0.15) is 11.5 Å². The average Bonchev–Trinajstić information content (AvgIpc) is 3.16. The molecule has 0 bridgehead atoms. The lowest BCUT2D eigenvalue weighted by molar-refractivity contribution is -0.115. The summed E-state index contributed by atoms with van der Waals surface area (Å²) in [6.07, 6.45) is 3.35. The van der Waals surface area contributed by atoms with Crippen LogP contribution in [-0.4, -0.2) is 24.7 Å². The van der Waals surface area contributed by atoms with Crippen LogP contribution < -0.4 is 14.8 Å². The highest BCUT2D eigenvalue weighted by Gasteiger charge is 2.13. The molecule has 0 radical (unpaired) electrons. The highest BCUT2D eigenvalue weighted by Crippen LogP contribution is 2.27. The van der Waals surface area contributed by atoms with Crippen LogP contribution in [0.1, 0.15) is 23.6 Å². The Bertz CT molecular complexity index is 1200. The number of hydrogen-bond donors (Lipinski definition) is 1. The Morgan fingerprint density at radius 1 is 0.906 bits per heavy atom. The quantitative estimate of drug-likeness (QED) is 0.406. The predicted molar refractivity (Wildman–Crippen MR) is 129 cm³/mol. The Morgan fingerprint density at radius 3 is 2.25 bits per heavy atom. The summed E-state index contributed by atoms with van der Waals surface area (Å²) in [6.45, 7) is 2.76. The second-order valence-corrected chi connectivity index (χ2v) is 7.80. The number of fused-ring (bicyclic) bond motifs is 1. The molecule has 0 aliphatic heterocycles. The lowest BCUT2D eigenvalue weighted by Gasteiger charge is -2.10. The summed E-state index contributed by atoms with van der Waals surface area (Å²) in [4.78, 5) is 12.8. The third-order valence-electron chi connectivity index (χ3n) is 5.63. The number of benzene rings is 3. The molecule has 4 rings (SSSR count). The van der Waals surface area contributed by atoms with Gasteiger partial charge in [-0.3, -0.25) is 4.79 Å². The van der Waals surface area contributed by atoms with Gasteiger partial charge in [0.25, 0.3) is 0 Å². The molecule has 5 heteroatoms. The summed E-state index contributed by atoms with van der Waals surface area (Å²) in [5.41, 5.74) is 5.22. The predicted octanol–water partition coefficient (Wildman–Crippen LogP) is 5.45. The van der Waals surface area contributed by atoms with Gasteiger partial charge in [0, 0.05) is 35.4 Å². The fourth-order valence-corrected chi connectivity index (χ4v) is 3.95. The number of amides is 1. The summed E-state index contributed by atoms with van der Waals surface area (Å²) in [6, 6.07) is 22.0. The third kappa shape index (κ3) is 4.78. The first-order chi connectivity index (χ1) is 15.6. The summed E-state index contributed by atoms with van der Waals surface area (Å²) >= 11 is 0. The molecule has 0 unspecified atom stereocenters. The Kier molecular flexibility index (Phi) is 6.45. The van der Waals surface area contributed by atoms with Crippen LogP contribution in [0.5, 0.6) is 11.5 Å². The van der Waals surface area contributed by atoms with Crippen molar-refractivity contribution >= 4 is 22.5 Å². The van der Waals surface area contributed by atoms with Crippen LogP contribution in [0.25, 0.3) is 10.9 Å². The number of anilines is 1. The molecule has 0 fully saturated rings. The minimum Gasteiger partial charge on any atom is -0.497 e. The summed E-state index contributed by atoms with van der Waals surface area (Å²) in [7, 11) is 3.30. The van der Waals surface area contributed by atoms with Crippen molar-refractivity contribution in [2.75, 3.05) is 19.5 Å². The second-order valence-electron chi connectivity index (χ2n) is 7.80. The highest BCUT2D eigenvalue weighted by atomic mass is 16.5. The SMILES string of the molecule is CCc1ccc(NC(=O)Cc2cn(Cc3cc(OC)cc(OC)c3)c3ccccc23)cc1. The molecule has 0 atom stereocenters. The first-order valence-corrected chi connectivity index (χ1v) is 10.8. The van der Waals surface area contributed by atoms with E-state index in [9.17, 15) is 4.79 Å². The molecule has 3 aromatic carbocycles. The number of methoxy groups -OCH3 is 2. The van der Waals surface area contributed by atoms with E-state index in [0.29, 0.717) is 13.0 Å². The number of carbonyl (C=O) groups is 1. The maximum Gasteiger partial charge on any atom is 0.228 e. The smallest absolute Gasteiger partial charge is 0.228 e. The zero-order chi connectivity index (χ0) is 22.5. The number of aryl methyl sites for hydroxylation is 1. The van der Waals surface area contributed by atoms with Gasteiger partial charge < -0.3 is 19.4 Å². The van der Waals surface area contributed by atoms with E-state index in [4.69, 9.17) is 9.47 Å². The van der Waals surface area contributed by atoms with E-state index in [0.717, 1.165) is 45.6 Å². The normalized spacial score (nSPS) is 10.8. The fraction of sp³-hybridized carbons (Fsp3) is 0.222. The van der Waals surface area contributed by atoms with E-state index in [1.165, 1.54) is 5.56 Å². The number of para-hydroxylation sites is 1. The van der Waals surface area contributed by atoms with Crippen molar-refractivity contribution in [2.24, 2.45) is 0 Å². The molecule has 1 amide bonds. The molecule has 1 heterocycles. The van der Waals surface area contributed by atoms with E-state index in [1.54, 1.807) is 14.2 Å². The standard InChI is InChI=1S/C27H28N2O3/c1-4-19-9-11-22(12-10-19)28-27(30)15-21-18-29(26-8-6-5-7-25(21)26)17-20-13-23(31-2)16-24(14-20)32-3/h5-14,16,18H,4,15,17H2,1-3H3,(H,28,30). The minimum absolute atomic E-state index is 0.0276. The van der Waals surface area contributed by atoms with E-state index >= 15 is 0 Å². The van der Waals surface area contributed by atoms with E-state index in [2.05, 4.69) is 35.1 Å². The van der Waals surface area contributed by atoms with Gasteiger partial charge in [-0.05, 0) is 53.4 Å². The van der Waals surface area contributed by atoms with Crippen LogP contribution in [0.2, 0.25) is 0 Å². The molecule has 4 aromatic rings. The Labute approximate surface area is 188 Å². The molecule has 1 aromatic heterocycles. The molecule has 0 saturated heterocycles. The maximum absolute atomic E-state index is 12.8. The average molecular weight is 429 g/mol. The third-order valence-corrected chi connectivity index (χ3v) is 5.63. The van der Waals surface area contributed by atoms with Gasteiger partial charge in [-0.1, -0.05) is 37.3 Å². The number of aromatic nitrogens is 1. The van der Waals surface area contributed by atoms with E-state index < -0.39 is 0 Å². The molecule has 0 aliphatic carbocycles. The van der Waals surface area contributed by atoms with Crippen LogP contribution in [0.4, 0.5) is 5.69 Å². The minimum atomic E-state index is -0.0276. The molecule has 164 valence electrons. The first-order valence-electron chi connectivity index (χ1n) is 10.8. The van der Waals surface area contributed by atoms with Crippen molar-refractivity contribution in [2.45, 2.75) is 26.3 Å². The lowest BCUT2D eigenvalue weighted by Crippen LogP contribution is -2.14. The molecule has 32 heavy (non-hydrogen) atoms. The molecule has 5 nitrogen and oxygen atoms in total. The van der Waals surface area contributed by atoms with Crippen molar-refractivity contribution in [1.82, 2.24) is 4.57 Å². The number of nitrogens with zero attached hydrogens (tertiary/aromatic N) is 1. The zero-order valence-corrected chi connectivity index (χ0v) is 18.7. The molecule has 0 saturated carbocycles. The number of ether oxygens (including phenoxy) is 2. The van der Waals surface area contributed by atoms with E-state index in [-0.39, 0.29) is 5.91 Å². The van der Waals surface area contributed by atoms with Gasteiger partial charge in [0.2, 0.25) is 5.91 Å². The van der Waals surface area contributed by atoms with Crippen molar-refractivity contribution < 1.29 is 14.3 Å². The molecular formula is C27H28N2O3. The largest absolute Gasteiger partial charge is 0.497 e. The lowest BCUT2D eigenvalue weighted by atomic mass is 10.1. The maximum atomic E-state index is 12.8. The number of hydrogen-bond acceptors (Lipinski definition) is 3. The van der Waals surface area contributed by atoms with E-state index in [1.807, 2.05) is 54.6 Å². The van der Waals surface area contributed by atoms with Gasteiger partial charge >= 0.3 is 0 Å². The van der Waals surface area contributed by atoms with Crippen LogP contribution in [0.3, 0.4) is 0 Å².